The van der Waals surface area contributed by atoms with Crippen LogP contribution in [0.25, 0.3) is 0 Å². The molecule has 2 aromatic carbocycles. The van der Waals surface area contributed by atoms with Crippen LogP contribution in [-0.2, 0) is 16.4 Å². The van der Waals surface area contributed by atoms with Crippen LogP contribution in [0.4, 0.5) is 5.69 Å². The zero-order valence-electron chi connectivity index (χ0n) is 11.4. The van der Waals surface area contributed by atoms with Gasteiger partial charge in [-0.25, -0.2) is 13.1 Å². The Bertz CT molecular complexity index is 703. The van der Waals surface area contributed by atoms with Gasteiger partial charge in [-0.2, -0.15) is 0 Å². The standard InChI is InChI=1S/C15H17ClN2O2S/c16-14-11-13(17)8-9-15(14)21(19,20)18-10-4-7-12-5-2-1-3-6-12/h1-3,5-6,8-9,11,18H,4,7,10,17H2. The van der Waals surface area contributed by atoms with E-state index in [0.717, 1.165) is 12.8 Å². The molecule has 0 spiro atoms. The van der Waals surface area contributed by atoms with Gasteiger partial charge in [0.1, 0.15) is 4.90 Å². The first-order chi connectivity index (χ1) is 9.99. The van der Waals surface area contributed by atoms with E-state index in [1.165, 1.54) is 23.8 Å². The summed E-state index contributed by atoms with van der Waals surface area (Å²) in [4.78, 5) is 0.0538. The number of sulfonamides is 1. The summed E-state index contributed by atoms with van der Waals surface area (Å²) >= 11 is 5.92. The topological polar surface area (TPSA) is 72.2 Å². The van der Waals surface area contributed by atoms with E-state index in [-0.39, 0.29) is 9.92 Å². The van der Waals surface area contributed by atoms with Gasteiger partial charge in [-0.1, -0.05) is 41.9 Å². The first-order valence-corrected chi connectivity index (χ1v) is 8.44. The molecule has 0 aliphatic heterocycles. The lowest BCUT2D eigenvalue weighted by molar-refractivity contribution is 0.579. The minimum atomic E-state index is -3.60. The number of hydrogen-bond acceptors (Lipinski definition) is 3. The zero-order valence-corrected chi connectivity index (χ0v) is 13.0. The molecule has 0 amide bonds. The van der Waals surface area contributed by atoms with Crippen molar-refractivity contribution in [3.63, 3.8) is 0 Å². The van der Waals surface area contributed by atoms with Crippen LogP contribution < -0.4 is 10.5 Å². The maximum Gasteiger partial charge on any atom is 0.242 e. The molecule has 2 rings (SSSR count). The normalized spacial score (nSPS) is 11.5. The molecule has 0 bridgehead atoms. The van der Waals surface area contributed by atoms with Gasteiger partial charge in [-0.3, -0.25) is 0 Å². The number of nitrogens with one attached hydrogen (secondary N) is 1. The lowest BCUT2D eigenvalue weighted by Crippen LogP contribution is -2.25. The molecular formula is C15H17ClN2O2S. The number of aryl methyl sites for hydroxylation is 1. The molecule has 112 valence electrons. The van der Waals surface area contributed by atoms with Crippen LogP contribution in [0.3, 0.4) is 0 Å². The second-order valence-corrected chi connectivity index (χ2v) is 6.82. The zero-order chi connectivity index (χ0) is 15.3. The van der Waals surface area contributed by atoms with Gasteiger partial charge in [0.05, 0.1) is 5.02 Å². The summed E-state index contributed by atoms with van der Waals surface area (Å²) in [6, 6.07) is 14.3. The minimum absolute atomic E-state index is 0.0538. The molecule has 21 heavy (non-hydrogen) atoms. The third-order valence-corrected chi connectivity index (χ3v) is 4.97. The fraction of sp³-hybridized carbons (Fsp3) is 0.200. The summed E-state index contributed by atoms with van der Waals surface area (Å²) < 4.78 is 26.8. The monoisotopic (exact) mass is 324 g/mol. The summed E-state index contributed by atoms with van der Waals surface area (Å²) in [5.41, 5.74) is 7.17. The Balaban J connectivity index is 1.92. The molecule has 0 atom stereocenters. The molecule has 0 fully saturated rings. The number of rotatable bonds is 6. The highest BCUT2D eigenvalue weighted by molar-refractivity contribution is 7.89. The maximum atomic E-state index is 12.1. The second-order valence-electron chi connectivity index (χ2n) is 4.68. The summed E-state index contributed by atoms with van der Waals surface area (Å²) in [6.45, 7) is 0.359. The highest BCUT2D eigenvalue weighted by Crippen LogP contribution is 2.23. The highest BCUT2D eigenvalue weighted by atomic mass is 35.5. The Labute approximate surface area is 130 Å². The van der Waals surface area contributed by atoms with E-state index < -0.39 is 10.0 Å². The molecule has 0 radical (unpaired) electrons. The van der Waals surface area contributed by atoms with E-state index in [1.807, 2.05) is 30.3 Å². The van der Waals surface area contributed by atoms with Crippen molar-refractivity contribution in [2.75, 3.05) is 12.3 Å². The molecule has 0 aliphatic rings. The summed E-state index contributed by atoms with van der Waals surface area (Å²) in [5, 5.41) is 0.130. The number of nitrogen functional groups attached to an aromatic ring is 1. The SMILES string of the molecule is Nc1ccc(S(=O)(=O)NCCCc2ccccc2)c(Cl)c1. The molecule has 4 nitrogen and oxygen atoms in total. The molecule has 0 aromatic heterocycles. The van der Waals surface area contributed by atoms with Crippen LogP contribution in [0.15, 0.2) is 53.4 Å². The van der Waals surface area contributed by atoms with Crippen molar-refractivity contribution < 1.29 is 8.42 Å². The smallest absolute Gasteiger partial charge is 0.242 e. The lowest BCUT2D eigenvalue weighted by atomic mass is 10.1. The predicted molar refractivity (Wildman–Crippen MR) is 85.8 cm³/mol. The van der Waals surface area contributed by atoms with Crippen molar-refractivity contribution >= 4 is 27.3 Å². The fourth-order valence-corrected chi connectivity index (χ4v) is 3.58. The van der Waals surface area contributed by atoms with E-state index in [9.17, 15) is 8.42 Å². The largest absolute Gasteiger partial charge is 0.399 e. The van der Waals surface area contributed by atoms with Gasteiger partial charge < -0.3 is 5.73 Å². The van der Waals surface area contributed by atoms with E-state index in [1.54, 1.807) is 0 Å². The Morgan fingerprint density at radius 2 is 1.81 bits per heavy atom. The second kappa shape index (κ2) is 6.93. The van der Waals surface area contributed by atoms with Crippen molar-refractivity contribution in [3.05, 3.63) is 59.1 Å². The first-order valence-electron chi connectivity index (χ1n) is 6.58. The van der Waals surface area contributed by atoms with Crippen LogP contribution in [0, 0.1) is 0 Å². The lowest BCUT2D eigenvalue weighted by Gasteiger charge is -2.09. The number of nitrogens with two attached hydrogens (primary N) is 1. The van der Waals surface area contributed by atoms with Gasteiger partial charge in [0.25, 0.3) is 0 Å². The quantitative estimate of drug-likeness (QED) is 0.634. The van der Waals surface area contributed by atoms with E-state index in [0.29, 0.717) is 12.2 Å². The summed E-state index contributed by atoms with van der Waals surface area (Å²) in [7, 11) is -3.60. The average Bonchev–Trinajstić information content (AvgIpc) is 2.44. The van der Waals surface area contributed by atoms with Crippen molar-refractivity contribution in [1.82, 2.24) is 4.72 Å². The van der Waals surface area contributed by atoms with Crippen LogP contribution in [0.2, 0.25) is 5.02 Å². The summed E-state index contributed by atoms with van der Waals surface area (Å²) in [6.07, 6.45) is 1.54. The van der Waals surface area contributed by atoms with Crippen LogP contribution in [-0.4, -0.2) is 15.0 Å². The third-order valence-electron chi connectivity index (χ3n) is 3.02. The molecule has 0 saturated heterocycles. The van der Waals surface area contributed by atoms with E-state index >= 15 is 0 Å². The Hall–Kier alpha value is -1.56. The molecule has 2 aromatic rings. The van der Waals surface area contributed by atoms with Gasteiger partial charge in [0, 0.05) is 12.2 Å². The van der Waals surface area contributed by atoms with Crippen LogP contribution in [0.1, 0.15) is 12.0 Å². The third kappa shape index (κ3) is 4.46. The van der Waals surface area contributed by atoms with Gasteiger partial charge in [0.2, 0.25) is 10.0 Å². The van der Waals surface area contributed by atoms with Crippen molar-refractivity contribution in [1.29, 1.82) is 0 Å². The van der Waals surface area contributed by atoms with Crippen molar-refractivity contribution in [2.45, 2.75) is 17.7 Å². The molecule has 0 aliphatic carbocycles. The Morgan fingerprint density at radius 1 is 1.10 bits per heavy atom. The van der Waals surface area contributed by atoms with Gasteiger partial charge >= 0.3 is 0 Å². The minimum Gasteiger partial charge on any atom is -0.399 e. The molecule has 0 saturated carbocycles. The maximum absolute atomic E-state index is 12.1. The van der Waals surface area contributed by atoms with E-state index in [4.69, 9.17) is 17.3 Å². The number of hydrogen-bond donors (Lipinski definition) is 2. The van der Waals surface area contributed by atoms with Gasteiger partial charge in [0.15, 0.2) is 0 Å². The van der Waals surface area contributed by atoms with Crippen molar-refractivity contribution in [3.8, 4) is 0 Å². The molecular weight excluding hydrogens is 308 g/mol. The number of anilines is 1. The van der Waals surface area contributed by atoms with Crippen LogP contribution in [0.5, 0.6) is 0 Å². The molecule has 0 unspecified atom stereocenters. The number of benzene rings is 2. The predicted octanol–water partition coefficient (Wildman–Crippen LogP) is 2.83. The Kier molecular flexibility index (Phi) is 5.22. The Morgan fingerprint density at radius 3 is 2.48 bits per heavy atom. The molecule has 3 N–H and O–H groups in total. The number of halogens is 1. The van der Waals surface area contributed by atoms with Crippen LogP contribution >= 0.6 is 11.6 Å². The summed E-state index contributed by atoms with van der Waals surface area (Å²) in [5.74, 6) is 0. The van der Waals surface area contributed by atoms with Crippen molar-refractivity contribution in [2.24, 2.45) is 0 Å². The molecule has 6 heteroatoms. The molecule has 0 heterocycles. The van der Waals surface area contributed by atoms with Gasteiger partial charge in [-0.15, -0.1) is 0 Å². The first kappa shape index (κ1) is 15.8. The fourth-order valence-electron chi connectivity index (χ4n) is 1.96. The average molecular weight is 325 g/mol. The van der Waals surface area contributed by atoms with Gasteiger partial charge in [-0.05, 0) is 36.6 Å². The highest BCUT2D eigenvalue weighted by Gasteiger charge is 2.17. The van der Waals surface area contributed by atoms with E-state index in [2.05, 4.69) is 4.72 Å².